The highest BCUT2D eigenvalue weighted by atomic mass is 16.5. The smallest absolute Gasteiger partial charge is 0.165 e. The molecule has 3 nitrogen and oxygen atoms in total. The zero-order valence-corrected chi connectivity index (χ0v) is 10.1. The van der Waals surface area contributed by atoms with Gasteiger partial charge in [0, 0.05) is 18.6 Å². The standard InChI is InChI=1S/C13H18O3/c1-4-16-8-7-13(14)12-6-5-11(15-3)9-10(12)2/h5-6,9H,4,7-8H2,1-3H3. The number of rotatable bonds is 6. The Morgan fingerprint density at radius 2 is 2.12 bits per heavy atom. The number of methoxy groups -OCH3 is 1. The predicted octanol–water partition coefficient (Wildman–Crippen LogP) is 2.61. The number of hydrogen-bond acceptors (Lipinski definition) is 3. The van der Waals surface area contributed by atoms with Gasteiger partial charge in [0.1, 0.15) is 5.75 Å². The molecule has 0 N–H and O–H groups in total. The predicted molar refractivity (Wildman–Crippen MR) is 63.2 cm³/mol. The lowest BCUT2D eigenvalue weighted by Crippen LogP contribution is -2.06. The van der Waals surface area contributed by atoms with E-state index in [1.807, 2.05) is 26.0 Å². The topological polar surface area (TPSA) is 35.5 Å². The Morgan fingerprint density at radius 1 is 1.38 bits per heavy atom. The molecular formula is C13H18O3. The van der Waals surface area contributed by atoms with Gasteiger partial charge in [0.25, 0.3) is 0 Å². The minimum absolute atomic E-state index is 0.119. The second kappa shape index (κ2) is 6.28. The lowest BCUT2D eigenvalue weighted by atomic mass is 10.0. The van der Waals surface area contributed by atoms with Crippen LogP contribution in [0.1, 0.15) is 29.3 Å². The molecule has 0 aliphatic heterocycles. The first kappa shape index (κ1) is 12.7. The SMILES string of the molecule is CCOCCC(=O)c1ccc(OC)cc1C. The average molecular weight is 222 g/mol. The summed E-state index contributed by atoms with van der Waals surface area (Å²) in [4.78, 5) is 11.8. The van der Waals surface area contributed by atoms with Crippen LogP contribution in [0.4, 0.5) is 0 Å². The highest BCUT2D eigenvalue weighted by molar-refractivity contribution is 5.97. The largest absolute Gasteiger partial charge is 0.497 e. The van der Waals surface area contributed by atoms with Crippen molar-refractivity contribution in [2.75, 3.05) is 20.3 Å². The molecular weight excluding hydrogens is 204 g/mol. The molecule has 0 spiro atoms. The van der Waals surface area contributed by atoms with Crippen molar-refractivity contribution in [3.8, 4) is 5.75 Å². The first-order valence-corrected chi connectivity index (χ1v) is 5.44. The second-order valence-electron chi connectivity index (χ2n) is 3.55. The average Bonchev–Trinajstić information content (AvgIpc) is 2.29. The van der Waals surface area contributed by atoms with Crippen LogP contribution in [0.25, 0.3) is 0 Å². The van der Waals surface area contributed by atoms with Gasteiger partial charge < -0.3 is 9.47 Å². The molecule has 0 amide bonds. The lowest BCUT2D eigenvalue weighted by Gasteiger charge is -2.07. The maximum absolute atomic E-state index is 11.8. The van der Waals surface area contributed by atoms with Crippen molar-refractivity contribution in [1.29, 1.82) is 0 Å². The Labute approximate surface area is 96.4 Å². The summed E-state index contributed by atoms with van der Waals surface area (Å²) >= 11 is 0. The van der Waals surface area contributed by atoms with Crippen LogP contribution in [-0.4, -0.2) is 26.1 Å². The molecule has 0 fully saturated rings. The summed E-state index contributed by atoms with van der Waals surface area (Å²) in [5.41, 5.74) is 1.70. The van der Waals surface area contributed by atoms with Crippen LogP contribution in [0.5, 0.6) is 5.75 Å². The summed E-state index contributed by atoms with van der Waals surface area (Å²) in [5, 5.41) is 0. The van der Waals surface area contributed by atoms with E-state index in [1.54, 1.807) is 13.2 Å². The summed E-state index contributed by atoms with van der Waals surface area (Å²) in [6.07, 6.45) is 0.432. The molecule has 0 aliphatic rings. The molecule has 0 radical (unpaired) electrons. The molecule has 0 bridgehead atoms. The van der Waals surface area contributed by atoms with Crippen LogP contribution in [-0.2, 0) is 4.74 Å². The number of carbonyl (C=O) groups excluding carboxylic acids is 1. The van der Waals surface area contributed by atoms with Crippen molar-refractivity contribution in [3.63, 3.8) is 0 Å². The van der Waals surface area contributed by atoms with Crippen molar-refractivity contribution in [2.24, 2.45) is 0 Å². The van der Waals surface area contributed by atoms with Gasteiger partial charge in [-0.15, -0.1) is 0 Å². The summed E-state index contributed by atoms with van der Waals surface area (Å²) in [6, 6.07) is 5.48. The van der Waals surface area contributed by atoms with Crippen molar-refractivity contribution in [3.05, 3.63) is 29.3 Å². The number of carbonyl (C=O) groups is 1. The molecule has 0 aromatic heterocycles. The van der Waals surface area contributed by atoms with Gasteiger partial charge in [-0.05, 0) is 37.6 Å². The zero-order chi connectivity index (χ0) is 12.0. The Morgan fingerprint density at radius 3 is 2.69 bits per heavy atom. The molecule has 3 heteroatoms. The lowest BCUT2D eigenvalue weighted by molar-refractivity contribution is 0.0895. The van der Waals surface area contributed by atoms with Crippen LogP contribution in [0.3, 0.4) is 0 Å². The van der Waals surface area contributed by atoms with Crippen molar-refractivity contribution in [1.82, 2.24) is 0 Å². The van der Waals surface area contributed by atoms with Crippen molar-refractivity contribution in [2.45, 2.75) is 20.3 Å². The van der Waals surface area contributed by atoms with E-state index in [-0.39, 0.29) is 5.78 Å². The van der Waals surface area contributed by atoms with Gasteiger partial charge in [-0.2, -0.15) is 0 Å². The van der Waals surface area contributed by atoms with Crippen LogP contribution in [0.15, 0.2) is 18.2 Å². The molecule has 1 aromatic rings. The van der Waals surface area contributed by atoms with E-state index < -0.39 is 0 Å². The Kier molecular flexibility index (Phi) is 4.99. The first-order chi connectivity index (χ1) is 7.69. The molecule has 0 saturated heterocycles. The molecule has 0 unspecified atom stereocenters. The number of ether oxygens (including phenoxy) is 2. The fourth-order valence-electron chi connectivity index (χ4n) is 1.52. The molecule has 88 valence electrons. The fourth-order valence-corrected chi connectivity index (χ4v) is 1.52. The van der Waals surface area contributed by atoms with E-state index in [9.17, 15) is 4.79 Å². The Hall–Kier alpha value is -1.35. The molecule has 0 saturated carbocycles. The van der Waals surface area contributed by atoms with Gasteiger partial charge in [-0.1, -0.05) is 0 Å². The third kappa shape index (κ3) is 3.35. The van der Waals surface area contributed by atoms with Gasteiger partial charge in [-0.3, -0.25) is 4.79 Å². The van der Waals surface area contributed by atoms with E-state index in [1.165, 1.54) is 0 Å². The van der Waals surface area contributed by atoms with E-state index in [2.05, 4.69) is 0 Å². The first-order valence-electron chi connectivity index (χ1n) is 5.44. The van der Waals surface area contributed by atoms with Crippen LogP contribution < -0.4 is 4.74 Å². The quantitative estimate of drug-likeness (QED) is 0.548. The monoisotopic (exact) mass is 222 g/mol. The van der Waals surface area contributed by atoms with Crippen LogP contribution in [0.2, 0.25) is 0 Å². The van der Waals surface area contributed by atoms with Gasteiger partial charge >= 0.3 is 0 Å². The number of hydrogen-bond donors (Lipinski definition) is 0. The maximum atomic E-state index is 11.8. The van der Waals surface area contributed by atoms with Crippen molar-refractivity contribution >= 4 is 5.78 Å². The van der Waals surface area contributed by atoms with Gasteiger partial charge in [0.05, 0.1) is 13.7 Å². The number of Topliss-reactive ketones (excluding diaryl/α,β-unsaturated/α-hetero) is 1. The number of aryl methyl sites for hydroxylation is 1. The Balaban J connectivity index is 2.68. The van der Waals surface area contributed by atoms with E-state index in [0.717, 1.165) is 16.9 Å². The highest BCUT2D eigenvalue weighted by Crippen LogP contribution is 2.18. The summed E-state index contributed by atoms with van der Waals surface area (Å²) in [5.74, 6) is 0.896. The molecule has 1 aromatic carbocycles. The van der Waals surface area contributed by atoms with E-state index in [0.29, 0.717) is 19.6 Å². The summed E-state index contributed by atoms with van der Waals surface area (Å²) in [6.45, 7) is 4.97. The molecule has 0 heterocycles. The minimum atomic E-state index is 0.119. The molecule has 1 rings (SSSR count). The van der Waals surface area contributed by atoms with Gasteiger partial charge in [0.15, 0.2) is 5.78 Å². The van der Waals surface area contributed by atoms with E-state index in [4.69, 9.17) is 9.47 Å². The third-order valence-electron chi connectivity index (χ3n) is 2.41. The maximum Gasteiger partial charge on any atom is 0.165 e. The summed E-state index contributed by atoms with van der Waals surface area (Å²) in [7, 11) is 1.62. The Bertz CT molecular complexity index is 358. The zero-order valence-electron chi connectivity index (χ0n) is 10.1. The van der Waals surface area contributed by atoms with Crippen LogP contribution >= 0.6 is 0 Å². The third-order valence-corrected chi connectivity index (χ3v) is 2.41. The van der Waals surface area contributed by atoms with Crippen molar-refractivity contribution < 1.29 is 14.3 Å². The van der Waals surface area contributed by atoms with Crippen LogP contribution in [0, 0.1) is 6.92 Å². The minimum Gasteiger partial charge on any atom is -0.497 e. The number of benzene rings is 1. The molecule has 0 atom stereocenters. The summed E-state index contributed by atoms with van der Waals surface area (Å²) < 4.78 is 10.3. The molecule has 16 heavy (non-hydrogen) atoms. The van der Waals surface area contributed by atoms with Gasteiger partial charge in [0.2, 0.25) is 0 Å². The normalized spacial score (nSPS) is 10.2. The van der Waals surface area contributed by atoms with E-state index >= 15 is 0 Å². The van der Waals surface area contributed by atoms with Gasteiger partial charge in [-0.25, -0.2) is 0 Å². The number of ketones is 1. The highest BCUT2D eigenvalue weighted by Gasteiger charge is 2.09. The molecule has 0 aliphatic carbocycles. The fraction of sp³-hybridized carbons (Fsp3) is 0.462. The second-order valence-corrected chi connectivity index (χ2v) is 3.55.